The molecule has 0 aliphatic heterocycles. The van der Waals surface area contributed by atoms with E-state index in [1.807, 2.05) is 67.6 Å². The second-order valence-corrected chi connectivity index (χ2v) is 10.3. The van der Waals surface area contributed by atoms with E-state index < -0.39 is 15.4 Å². The van der Waals surface area contributed by atoms with Gasteiger partial charge in [0.2, 0.25) is 0 Å². The third-order valence-electron chi connectivity index (χ3n) is 5.73. The van der Waals surface area contributed by atoms with Crippen molar-refractivity contribution in [2.75, 3.05) is 12.4 Å². The maximum Gasteiger partial charge on any atom is 0.178 e. The molecular formula is C29H28O3S. The zero-order valence-electron chi connectivity index (χ0n) is 18.7. The molecule has 0 spiro atoms. The van der Waals surface area contributed by atoms with Crippen LogP contribution in [0.3, 0.4) is 0 Å². The molecule has 0 saturated heterocycles. The SMILES string of the molecule is C[C@@H](COC(c1ccccc1)(c1ccccc1)c1ccccc1)CS(=O)(=O)c1ccccc1. The van der Waals surface area contributed by atoms with Crippen LogP contribution in [0.15, 0.2) is 126 Å². The van der Waals surface area contributed by atoms with Gasteiger partial charge in [-0.25, -0.2) is 8.42 Å². The maximum atomic E-state index is 12.9. The van der Waals surface area contributed by atoms with E-state index in [-0.39, 0.29) is 18.3 Å². The van der Waals surface area contributed by atoms with Gasteiger partial charge in [0.25, 0.3) is 0 Å². The van der Waals surface area contributed by atoms with Gasteiger partial charge in [-0.2, -0.15) is 0 Å². The Kier molecular flexibility index (Phi) is 7.07. The van der Waals surface area contributed by atoms with Gasteiger partial charge in [-0.05, 0) is 34.7 Å². The van der Waals surface area contributed by atoms with Crippen LogP contribution in [0, 0.1) is 5.92 Å². The van der Waals surface area contributed by atoms with Crippen LogP contribution in [0.25, 0.3) is 0 Å². The lowest BCUT2D eigenvalue weighted by Crippen LogP contribution is -2.35. The quantitative estimate of drug-likeness (QED) is 0.286. The topological polar surface area (TPSA) is 43.4 Å². The van der Waals surface area contributed by atoms with E-state index in [0.29, 0.717) is 4.90 Å². The third-order valence-corrected chi connectivity index (χ3v) is 7.73. The van der Waals surface area contributed by atoms with Crippen molar-refractivity contribution in [3.63, 3.8) is 0 Å². The normalized spacial score (nSPS) is 12.9. The number of hydrogen-bond donors (Lipinski definition) is 0. The van der Waals surface area contributed by atoms with Gasteiger partial charge in [-0.1, -0.05) is 116 Å². The highest BCUT2D eigenvalue weighted by atomic mass is 32.2. The first-order valence-corrected chi connectivity index (χ1v) is 12.8. The highest BCUT2D eigenvalue weighted by Gasteiger charge is 2.38. The molecule has 0 saturated carbocycles. The molecule has 4 rings (SSSR count). The number of hydrogen-bond acceptors (Lipinski definition) is 3. The minimum Gasteiger partial charge on any atom is -0.361 e. The van der Waals surface area contributed by atoms with E-state index in [2.05, 4.69) is 36.4 Å². The van der Waals surface area contributed by atoms with Crippen molar-refractivity contribution in [2.45, 2.75) is 17.4 Å². The van der Waals surface area contributed by atoms with Crippen molar-refractivity contribution in [2.24, 2.45) is 5.92 Å². The molecule has 3 nitrogen and oxygen atoms in total. The average Bonchev–Trinajstić information content (AvgIpc) is 2.87. The van der Waals surface area contributed by atoms with Gasteiger partial charge in [0.1, 0.15) is 5.60 Å². The minimum atomic E-state index is -3.40. The molecule has 0 amide bonds. The highest BCUT2D eigenvalue weighted by molar-refractivity contribution is 7.91. The molecule has 0 aromatic heterocycles. The van der Waals surface area contributed by atoms with Crippen molar-refractivity contribution in [1.29, 1.82) is 0 Å². The predicted molar refractivity (Wildman–Crippen MR) is 133 cm³/mol. The molecule has 1 atom stereocenters. The molecule has 33 heavy (non-hydrogen) atoms. The van der Waals surface area contributed by atoms with E-state index in [4.69, 9.17) is 4.74 Å². The summed E-state index contributed by atoms with van der Waals surface area (Å²) in [6, 6.07) is 38.9. The summed E-state index contributed by atoms with van der Waals surface area (Å²) in [6.07, 6.45) is 0. The molecule has 0 aliphatic carbocycles. The summed E-state index contributed by atoms with van der Waals surface area (Å²) in [5.74, 6) is -0.184. The monoisotopic (exact) mass is 456 g/mol. The fourth-order valence-electron chi connectivity index (χ4n) is 4.18. The number of benzene rings is 4. The van der Waals surface area contributed by atoms with E-state index >= 15 is 0 Å². The second kappa shape index (κ2) is 10.2. The standard InChI is InChI=1S/C29H28O3S/c1-24(23-33(30,31)28-20-12-5-13-21-28)22-32-29(25-14-6-2-7-15-25,26-16-8-3-9-17-26)27-18-10-4-11-19-27/h2-21,24H,22-23H2,1H3/t24-/m0/s1. The molecule has 0 N–H and O–H groups in total. The Hall–Kier alpha value is -3.21. The van der Waals surface area contributed by atoms with E-state index in [9.17, 15) is 8.42 Å². The van der Waals surface area contributed by atoms with Gasteiger partial charge in [-0.15, -0.1) is 0 Å². The summed E-state index contributed by atoms with van der Waals surface area (Å²) in [4.78, 5) is 0.345. The maximum absolute atomic E-state index is 12.9. The Morgan fingerprint density at radius 2 is 1.00 bits per heavy atom. The van der Waals surface area contributed by atoms with E-state index in [0.717, 1.165) is 16.7 Å². The molecule has 0 aliphatic rings. The van der Waals surface area contributed by atoms with Gasteiger partial charge in [0.15, 0.2) is 9.84 Å². The van der Waals surface area contributed by atoms with Gasteiger partial charge in [-0.3, -0.25) is 0 Å². The van der Waals surface area contributed by atoms with E-state index in [1.54, 1.807) is 24.3 Å². The van der Waals surface area contributed by atoms with Crippen LogP contribution in [-0.4, -0.2) is 20.8 Å². The molecule has 4 heteroatoms. The largest absolute Gasteiger partial charge is 0.361 e. The average molecular weight is 457 g/mol. The van der Waals surface area contributed by atoms with Gasteiger partial charge < -0.3 is 4.74 Å². The predicted octanol–water partition coefficient (Wildman–Crippen LogP) is 6.11. The Labute approximate surface area is 196 Å². The second-order valence-electron chi connectivity index (χ2n) is 8.29. The Bertz CT molecular complexity index is 1140. The molecular weight excluding hydrogens is 428 g/mol. The summed E-state index contributed by atoms with van der Waals surface area (Å²) in [7, 11) is -3.40. The van der Waals surface area contributed by atoms with Crippen LogP contribution in [0.5, 0.6) is 0 Å². The van der Waals surface area contributed by atoms with Crippen molar-refractivity contribution >= 4 is 9.84 Å². The molecule has 0 unspecified atom stereocenters. The van der Waals surface area contributed by atoms with Crippen LogP contribution in [-0.2, 0) is 20.2 Å². The van der Waals surface area contributed by atoms with Crippen LogP contribution in [0.1, 0.15) is 23.6 Å². The summed E-state index contributed by atoms with van der Waals surface area (Å²) in [5.41, 5.74) is 2.15. The molecule has 0 fully saturated rings. The van der Waals surface area contributed by atoms with Crippen LogP contribution in [0.4, 0.5) is 0 Å². The summed E-state index contributed by atoms with van der Waals surface area (Å²) >= 11 is 0. The van der Waals surface area contributed by atoms with Gasteiger partial charge >= 0.3 is 0 Å². The lowest BCUT2D eigenvalue weighted by atomic mass is 9.80. The first-order valence-electron chi connectivity index (χ1n) is 11.1. The lowest BCUT2D eigenvalue weighted by Gasteiger charge is -2.36. The molecule has 0 bridgehead atoms. The molecule has 168 valence electrons. The zero-order chi connectivity index (χ0) is 23.2. The van der Waals surface area contributed by atoms with Crippen LogP contribution >= 0.6 is 0 Å². The van der Waals surface area contributed by atoms with Crippen LogP contribution in [0.2, 0.25) is 0 Å². The zero-order valence-corrected chi connectivity index (χ0v) is 19.5. The fourth-order valence-corrected chi connectivity index (χ4v) is 5.79. The number of sulfone groups is 1. The summed E-state index contributed by atoms with van der Waals surface area (Å²) in [5, 5.41) is 0. The number of ether oxygens (including phenoxy) is 1. The first-order chi connectivity index (χ1) is 16.0. The van der Waals surface area contributed by atoms with Gasteiger partial charge in [0, 0.05) is 0 Å². The summed E-state index contributed by atoms with van der Waals surface area (Å²) < 4.78 is 32.6. The molecule has 0 radical (unpaired) electrons. The van der Waals surface area contributed by atoms with E-state index in [1.165, 1.54) is 0 Å². The molecule has 4 aromatic carbocycles. The fraction of sp³-hybridized carbons (Fsp3) is 0.172. The smallest absolute Gasteiger partial charge is 0.178 e. The third kappa shape index (κ3) is 5.08. The van der Waals surface area contributed by atoms with Crippen molar-refractivity contribution in [3.8, 4) is 0 Å². The first kappa shape index (κ1) is 23.0. The lowest BCUT2D eigenvalue weighted by molar-refractivity contribution is -0.00184. The Morgan fingerprint density at radius 3 is 1.39 bits per heavy atom. The van der Waals surface area contributed by atoms with Crippen molar-refractivity contribution < 1.29 is 13.2 Å². The molecule has 0 heterocycles. The minimum absolute atomic E-state index is 0.0193. The number of rotatable bonds is 9. The Morgan fingerprint density at radius 1 is 0.636 bits per heavy atom. The molecule has 4 aromatic rings. The van der Waals surface area contributed by atoms with Crippen molar-refractivity contribution in [3.05, 3.63) is 138 Å². The van der Waals surface area contributed by atoms with Gasteiger partial charge in [0.05, 0.1) is 17.3 Å². The Balaban J connectivity index is 1.70. The highest BCUT2D eigenvalue weighted by Crippen LogP contribution is 2.40. The van der Waals surface area contributed by atoms with Crippen LogP contribution < -0.4 is 0 Å². The summed E-state index contributed by atoms with van der Waals surface area (Å²) in [6.45, 7) is 2.21. The van der Waals surface area contributed by atoms with Crippen molar-refractivity contribution in [1.82, 2.24) is 0 Å².